The van der Waals surface area contributed by atoms with E-state index in [1.807, 2.05) is 24.3 Å². The molecule has 0 aliphatic carbocycles. The second-order valence-electron chi connectivity index (χ2n) is 5.16. The van der Waals surface area contributed by atoms with Gasteiger partial charge in [0.1, 0.15) is 18.0 Å². The molecule has 3 aromatic rings. The fourth-order valence-corrected chi connectivity index (χ4v) is 2.54. The van der Waals surface area contributed by atoms with Gasteiger partial charge in [-0.25, -0.2) is 15.0 Å². The molecule has 0 spiro atoms. The fraction of sp³-hybridized carbons (Fsp3) is 0.188. The Bertz CT molecular complexity index is 846. The molecular formula is C16H16BrN5O2. The number of halogens is 1. The van der Waals surface area contributed by atoms with Crippen LogP contribution in [0.2, 0.25) is 0 Å². The van der Waals surface area contributed by atoms with Crippen LogP contribution in [-0.2, 0) is 0 Å². The molecule has 0 amide bonds. The quantitative estimate of drug-likeness (QED) is 0.512. The van der Waals surface area contributed by atoms with E-state index < -0.39 is 6.10 Å². The van der Waals surface area contributed by atoms with Crippen LogP contribution in [0.5, 0.6) is 0 Å². The molecule has 3 rings (SSSR count). The number of nitrogens with zero attached hydrogens (tertiary/aromatic N) is 3. The molecule has 2 heterocycles. The molecule has 0 saturated carbocycles. The second kappa shape index (κ2) is 7.52. The fourth-order valence-electron chi connectivity index (χ4n) is 2.15. The van der Waals surface area contributed by atoms with Gasteiger partial charge in [-0.3, -0.25) is 0 Å². The second-order valence-corrected chi connectivity index (χ2v) is 6.08. The van der Waals surface area contributed by atoms with Gasteiger partial charge in [0.15, 0.2) is 0 Å². The highest BCUT2D eigenvalue weighted by Crippen LogP contribution is 2.25. The molecule has 124 valence electrons. The minimum Gasteiger partial charge on any atom is -0.394 e. The zero-order chi connectivity index (χ0) is 16.9. The predicted octanol–water partition coefficient (Wildman–Crippen LogP) is 2.30. The number of hydrogen-bond donors (Lipinski definition) is 4. The van der Waals surface area contributed by atoms with Gasteiger partial charge in [0.25, 0.3) is 0 Å². The predicted molar refractivity (Wildman–Crippen MR) is 96.3 cm³/mol. The number of aliphatic hydroxyl groups is 2. The van der Waals surface area contributed by atoms with Crippen LogP contribution in [0, 0.1) is 0 Å². The maximum atomic E-state index is 9.43. The highest BCUT2D eigenvalue weighted by atomic mass is 79.9. The van der Waals surface area contributed by atoms with E-state index in [0.29, 0.717) is 17.2 Å². The molecule has 24 heavy (non-hydrogen) atoms. The summed E-state index contributed by atoms with van der Waals surface area (Å²) in [4.78, 5) is 12.8. The van der Waals surface area contributed by atoms with Crippen LogP contribution >= 0.6 is 15.9 Å². The third-order valence-corrected chi connectivity index (χ3v) is 3.83. The van der Waals surface area contributed by atoms with Crippen molar-refractivity contribution in [1.29, 1.82) is 0 Å². The van der Waals surface area contributed by atoms with Crippen molar-refractivity contribution in [2.24, 2.45) is 0 Å². The maximum absolute atomic E-state index is 9.43. The molecule has 2 aromatic heterocycles. The Morgan fingerprint density at radius 2 is 2.04 bits per heavy atom. The van der Waals surface area contributed by atoms with Gasteiger partial charge in [-0.05, 0) is 24.3 Å². The summed E-state index contributed by atoms with van der Waals surface area (Å²) in [5.41, 5.74) is 1.60. The molecule has 1 aromatic carbocycles. The Balaban J connectivity index is 1.89. The van der Waals surface area contributed by atoms with Crippen molar-refractivity contribution < 1.29 is 10.2 Å². The van der Waals surface area contributed by atoms with Crippen molar-refractivity contribution in [2.45, 2.75) is 6.10 Å². The van der Waals surface area contributed by atoms with Gasteiger partial charge in [-0.1, -0.05) is 22.0 Å². The first-order valence-corrected chi connectivity index (χ1v) is 8.11. The Morgan fingerprint density at radius 3 is 2.83 bits per heavy atom. The van der Waals surface area contributed by atoms with E-state index in [-0.39, 0.29) is 13.2 Å². The zero-order valence-corrected chi connectivity index (χ0v) is 14.2. The number of aromatic nitrogens is 3. The molecule has 1 atom stereocenters. The smallest absolute Gasteiger partial charge is 0.141 e. The van der Waals surface area contributed by atoms with Gasteiger partial charge in [0, 0.05) is 22.1 Å². The summed E-state index contributed by atoms with van der Waals surface area (Å²) in [6.45, 7) is -0.101. The molecule has 4 N–H and O–H groups in total. The SMILES string of the molecule is OCC(O)CNc1cc2c(Nc3cccc(Br)c3)ncnc2cn1. The number of pyridine rings is 1. The average Bonchev–Trinajstić information content (AvgIpc) is 2.60. The van der Waals surface area contributed by atoms with Gasteiger partial charge in [-0.2, -0.15) is 0 Å². The first kappa shape index (κ1) is 16.6. The normalized spacial score (nSPS) is 12.1. The Morgan fingerprint density at radius 1 is 1.17 bits per heavy atom. The topological polar surface area (TPSA) is 103 Å². The summed E-state index contributed by atoms with van der Waals surface area (Å²) in [5, 5.41) is 25.3. The highest BCUT2D eigenvalue weighted by molar-refractivity contribution is 9.10. The van der Waals surface area contributed by atoms with Crippen molar-refractivity contribution in [3.63, 3.8) is 0 Å². The van der Waals surface area contributed by atoms with E-state index in [1.54, 1.807) is 12.3 Å². The number of fused-ring (bicyclic) bond motifs is 1. The van der Waals surface area contributed by atoms with Crippen LogP contribution in [0.3, 0.4) is 0 Å². The standard InChI is InChI=1S/C16H16BrN5O2/c17-10-2-1-3-11(4-10)22-16-13-5-15(18-6-12(24)8-23)19-7-14(13)20-9-21-16/h1-5,7,9,12,23-24H,6,8H2,(H,18,19)(H,20,21,22). The van der Waals surface area contributed by atoms with E-state index in [0.717, 1.165) is 15.5 Å². The number of anilines is 3. The molecule has 0 aliphatic rings. The van der Waals surface area contributed by atoms with E-state index in [9.17, 15) is 5.11 Å². The van der Waals surface area contributed by atoms with Gasteiger partial charge in [-0.15, -0.1) is 0 Å². The lowest BCUT2D eigenvalue weighted by molar-refractivity contribution is 0.105. The summed E-state index contributed by atoms with van der Waals surface area (Å²) in [7, 11) is 0. The average molecular weight is 390 g/mol. The maximum Gasteiger partial charge on any atom is 0.141 e. The first-order chi connectivity index (χ1) is 11.7. The lowest BCUT2D eigenvalue weighted by Crippen LogP contribution is -2.23. The number of aliphatic hydroxyl groups excluding tert-OH is 2. The van der Waals surface area contributed by atoms with Crippen molar-refractivity contribution in [3.8, 4) is 0 Å². The molecular weight excluding hydrogens is 374 g/mol. The number of benzene rings is 1. The third-order valence-electron chi connectivity index (χ3n) is 3.34. The van der Waals surface area contributed by atoms with Gasteiger partial charge in [0.2, 0.25) is 0 Å². The van der Waals surface area contributed by atoms with Crippen LogP contribution in [0.4, 0.5) is 17.3 Å². The molecule has 0 radical (unpaired) electrons. The van der Waals surface area contributed by atoms with Crippen LogP contribution < -0.4 is 10.6 Å². The lowest BCUT2D eigenvalue weighted by Gasteiger charge is -2.12. The first-order valence-electron chi connectivity index (χ1n) is 7.32. The van der Waals surface area contributed by atoms with E-state index in [2.05, 4.69) is 41.5 Å². The van der Waals surface area contributed by atoms with Gasteiger partial charge in [0.05, 0.1) is 24.4 Å². The van der Waals surface area contributed by atoms with Gasteiger partial charge >= 0.3 is 0 Å². The van der Waals surface area contributed by atoms with Crippen LogP contribution in [0.25, 0.3) is 10.9 Å². The monoisotopic (exact) mass is 389 g/mol. The molecule has 8 heteroatoms. The summed E-state index contributed by atoms with van der Waals surface area (Å²) in [5.74, 6) is 1.23. The minimum absolute atomic E-state index is 0.205. The third kappa shape index (κ3) is 3.97. The molecule has 0 bridgehead atoms. The number of nitrogens with one attached hydrogen (secondary N) is 2. The van der Waals surface area contributed by atoms with Crippen molar-refractivity contribution in [3.05, 3.63) is 47.3 Å². The Labute approximate surface area is 146 Å². The van der Waals surface area contributed by atoms with Crippen molar-refractivity contribution >= 4 is 44.2 Å². The molecule has 1 unspecified atom stereocenters. The molecule has 0 fully saturated rings. The van der Waals surface area contributed by atoms with Crippen molar-refractivity contribution in [2.75, 3.05) is 23.8 Å². The summed E-state index contributed by atoms with van der Waals surface area (Å²) in [6, 6.07) is 9.57. The molecule has 0 aliphatic heterocycles. The van der Waals surface area contributed by atoms with Crippen LogP contribution in [0.15, 0.2) is 47.3 Å². The van der Waals surface area contributed by atoms with Crippen LogP contribution in [0.1, 0.15) is 0 Å². The number of hydrogen-bond acceptors (Lipinski definition) is 7. The van der Waals surface area contributed by atoms with E-state index >= 15 is 0 Å². The molecule has 0 saturated heterocycles. The molecule has 7 nitrogen and oxygen atoms in total. The zero-order valence-electron chi connectivity index (χ0n) is 12.6. The largest absolute Gasteiger partial charge is 0.394 e. The summed E-state index contributed by atoms with van der Waals surface area (Å²) in [6.07, 6.45) is 2.28. The summed E-state index contributed by atoms with van der Waals surface area (Å²) >= 11 is 3.44. The number of rotatable bonds is 6. The van der Waals surface area contributed by atoms with Crippen molar-refractivity contribution in [1.82, 2.24) is 15.0 Å². The highest BCUT2D eigenvalue weighted by Gasteiger charge is 2.08. The van der Waals surface area contributed by atoms with Crippen LogP contribution in [-0.4, -0.2) is 44.4 Å². The summed E-state index contributed by atoms with van der Waals surface area (Å²) < 4.78 is 0.966. The van der Waals surface area contributed by atoms with E-state index in [4.69, 9.17) is 5.11 Å². The minimum atomic E-state index is -0.839. The Hall–Kier alpha value is -2.29. The van der Waals surface area contributed by atoms with Gasteiger partial charge < -0.3 is 20.8 Å². The lowest BCUT2D eigenvalue weighted by atomic mass is 10.2. The Kier molecular flexibility index (Phi) is 5.19. The van der Waals surface area contributed by atoms with E-state index in [1.165, 1.54) is 6.33 Å².